The number of benzene rings is 2. The van der Waals surface area contributed by atoms with Gasteiger partial charge in [0.15, 0.2) is 5.11 Å². The summed E-state index contributed by atoms with van der Waals surface area (Å²) in [6, 6.07) is 23.6. The van der Waals surface area contributed by atoms with Crippen LogP contribution in [-0.4, -0.2) is 35.5 Å². The van der Waals surface area contributed by atoms with E-state index in [2.05, 4.69) is 39.7 Å². The van der Waals surface area contributed by atoms with Gasteiger partial charge in [-0.3, -0.25) is 4.98 Å². The number of ether oxygens (including phenoxy) is 3. The molecular weight excluding hydrogens is 496 g/mol. The average molecular weight is 529 g/mol. The van der Waals surface area contributed by atoms with Gasteiger partial charge in [-0.15, -0.1) is 0 Å². The topological polar surface area (TPSA) is 60.8 Å². The van der Waals surface area contributed by atoms with Crippen LogP contribution in [0.5, 0.6) is 17.2 Å². The standard InChI is InChI=1S/C30H32N4O3S/c1-20-19-26(21(2)33(20)17-18-35-3)29-28(27-7-5-6-16-31-27)32-30(38)34(29)22-8-10-24(11-9-22)37-25-14-12-23(36-4)13-15-25/h5-16,19,28-29H,17-18H2,1-4H3,(H,32,38)/t28-,29+/m1/s1. The Morgan fingerprint density at radius 3 is 2.24 bits per heavy atom. The minimum absolute atomic E-state index is 0.0757. The van der Waals surface area contributed by atoms with Gasteiger partial charge in [0.2, 0.25) is 0 Å². The van der Waals surface area contributed by atoms with E-state index in [1.807, 2.05) is 72.9 Å². The Kier molecular flexibility index (Phi) is 7.62. The number of anilines is 1. The predicted molar refractivity (Wildman–Crippen MR) is 153 cm³/mol. The smallest absolute Gasteiger partial charge is 0.174 e. The van der Waals surface area contributed by atoms with Gasteiger partial charge in [0, 0.05) is 36.9 Å². The molecule has 0 bridgehead atoms. The summed E-state index contributed by atoms with van der Waals surface area (Å²) in [4.78, 5) is 6.87. The summed E-state index contributed by atoms with van der Waals surface area (Å²) >= 11 is 5.91. The van der Waals surface area contributed by atoms with Crippen LogP contribution in [0, 0.1) is 13.8 Å². The molecule has 8 heteroatoms. The van der Waals surface area contributed by atoms with Crippen LogP contribution < -0.4 is 19.7 Å². The van der Waals surface area contributed by atoms with E-state index in [-0.39, 0.29) is 12.1 Å². The van der Waals surface area contributed by atoms with Gasteiger partial charge in [0.25, 0.3) is 0 Å². The van der Waals surface area contributed by atoms with E-state index < -0.39 is 0 Å². The Morgan fingerprint density at radius 1 is 0.921 bits per heavy atom. The first kappa shape index (κ1) is 25.8. The molecule has 2 aromatic carbocycles. The Hall–Kier alpha value is -3.88. The highest BCUT2D eigenvalue weighted by molar-refractivity contribution is 7.80. The minimum atomic E-state index is -0.102. The van der Waals surface area contributed by atoms with Crippen molar-refractivity contribution in [1.29, 1.82) is 0 Å². The van der Waals surface area contributed by atoms with Crippen molar-refractivity contribution in [2.24, 2.45) is 0 Å². The molecule has 5 rings (SSSR count). The molecule has 38 heavy (non-hydrogen) atoms. The summed E-state index contributed by atoms with van der Waals surface area (Å²) in [5.74, 6) is 2.28. The Morgan fingerprint density at radius 2 is 1.61 bits per heavy atom. The average Bonchev–Trinajstić information content (AvgIpc) is 3.43. The molecule has 2 aromatic heterocycles. The van der Waals surface area contributed by atoms with E-state index in [0.717, 1.165) is 35.2 Å². The van der Waals surface area contributed by atoms with Crippen LogP contribution in [0.3, 0.4) is 0 Å². The van der Waals surface area contributed by atoms with Gasteiger partial charge in [-0.2, -0.15) is 0 Å². The van der Waals surface area contributed by atoms with Crippen molar-refractivity contribution in [2.45, 2.75) is 32.5 Å². The number of hydrogen-bond acceptors (Lipinski definition) is 5. The molecule has 3 heterocycles. The fourth-order valence-electron chi connectivity index (χ4n) is 5.06. The zero-order valence-electron chi connectivity index (χ0n) is 22.0. The van der Waals surface area contributed by atoms with E-state index in [0.29, 0.717) is 11.7 Å². The molecule has 0 saturated carbocycles. The molecule has 1 aliphatic rings. The number of hydrogen-bond donors (Lipinski definition) is 1. The normalized spacial score (nSPS) is 16.9. The maximum Gasteiger partial charge on any atom is 0.174 e. The van der Waals surface area contributed by atoms with Crippen molar-refractivity contribution in [3.8, 4) is 17.2 Å². The van der Waals surface area contributed by atoms with Crippen molar-refractivity contribution in [3.05, 3.63) is 102 Å². The Labute approximate surface area is 229 Å². The minimum Gasteiger partial charge on any atom is -0.497 e. The summed E-state index contributed by atoms with van der Waals surface area (Å²) in [6.07, 6.45) is 1.83. The third-order valence-corrected chi connectivity index (χ3v) is 7.27. The Bertz CT molecular complexity index is 1390. The van der Waals surface area contributed by atoms with E-state index >= 15 is 0 Å². The number of pyridine rings is 1. The summed E-state index contributed by atoms with van der Waals surface area (Å²) in [5, 5.41) is 4.21. The van der Waals surface area contributed by atoms with Gasteiger partial charge < -0.3 is 29.0 Å². The van der Waals surface area contributed by atoms with Crippen molar-refractivity contribution in [2.75, 3.05) is 25.7 Å². The lowest BCUT2D eigenvalue weighted by atomic mass is 9.96. The monoisotopic (exact) mass is 528 g/mol. The summed E-state index contributed by atoms with van der Waals surface area (Å²) in [5.41, 5.74) is 5.52. The number of methoxy groups -OCH3 is 2. The largest absolute Gasteiger partial charge is 0.497 e. The third-order valence-electron chi connectivity index (χ3n) is 6.96. The van der Waals surface area contributed by atoms with Crippen LogP contribution in [0.1, 0.15) is 34.7 Å². The molecule has 2 atom stereocenters. The first-order valence-corrected chi connectivity index (χ1v) is 13.0. The van der Waals surface area contributed by atoms with Crippen molar-refractivity contribution >= 4 is 23.0 Å². The van der Waals surface area contributed by atoms with Crippen LogP contribution in [0.4, 0.5) is 5.69 Å². The van der Waals surface area contributed by atoms with Crippen LogP contribution in [0.2, 0.25) is 0 Å². The fourth-order valence-corrected chi connectivity index (χ4v) is 5.40. The first-order valence-electron chi connectivity index (χ1n) is 12.6. The first-order chi connectivity index (χ1) is 18.5. The van der Waals surface area contributed by atoms with Crippen LogP contribution in [0.25, 0.3) is 0 Å². The molecular formula is C30H32N4O3S. The SMILES string of the molecule is COCCn1c(C)cc([C@H]2[C@@H](c3ccccn3)NC(=S)N2c2ccc(Oc3ccc(OC)cc3)cc2)c1C. The number of nitrogens with one attached hydrogen (secondary N) is 1. The zero-order chi connectivity index (χ0) is 26.6. The molecule has 0 spiro atoms. The molecule has 4 aromatic rings. The van der Waals surface area contributed by atoms with Crippen LogP contribution in [-0.2, 0) is 11.3 Å². The lowest BCUT2D eigenvalue weighted by molar-refractivity contribution is 0.186. The number of thiocarbonyl (C=S) groups is 1. The molecule has 0 unspecified atom stereocenters. The number of aromatic nitrogens is 2. The van der Waals surface area contributed by atoms with Crippen molar-refractivity contribution in [1.82, 2.24) is 14.9 Å². The molecule has 1 saturated heterocycles. The van der Waals surface area contributed by atoms with Gasteiger partial charge in [-0.05, 0) is 98.4 Å². The van der Waals surface area contributed by atoms with Crippen LogP contribution in [0.15, 0.2) is 79.0 Å². The van der Waals surface area contributed by atoms with Gasteiger partial charge in [0.1, 0.15) is 17.2 Å². The summed E-state index contributed by atoms with van der Waals surface area (Å²) in [7, 11) is 3.38. The van der Waals surface area contributed by atoms with E-state index in [9.17, 15) is 0 Å². The lowest BCUT2D eigenvalue weighted by Gasteiger charge is -2.28. The highest BCUT2D eigenvalue weighted by Crippen LogP contribution is 2.43. The molecule has 1 aliphatic heterocycles. The number of nitrogens with zero attached hydrogens (tertiary/aromatic N) is 3. The van der Waals surface area contributed by atoms with Crippen molar-refractivity contribution < 1.29 is 14.2 Å². The maximum absolute atomic E-state index is 6.05. The molecule has 1 fully saturated rings. The van der Waals surface area contributed by atoms with E-state index in [1.165, 1.54) is 17.0 Å². The number of aryl methyl sites for hydroxylation is 1. The molecule has 196 valence electrons. The zero-order valence-corrected chi connectivity index (χ0v) is 22.9. The highest BCUT2D eigenvalue weighted by Gasteiger charge is 2.42. The maximum atomic E-state index is 6.05. The molecule has 1 N–H and O–H groups in total. The molecule has 0 radical (unpaired) electrons. The quantitative estimate of drug-likeness (QED) is 0.263. The molecule has 0 aliphatic carbocycles. The fraction of sp³-hybridized carbons (Fsp3) is 0.267. The number of rotatable bonds is 9. The van der Waals surface area contributed by atoms with Gasteiger partial charge in [-0.1, -0.05) is 6.07 Å². The summed E-state index contributed by atoms with van der Waals surface area (Å²) < 4.78 is 19.0. The molecule has 0 amide bonds. The second-order valence-electron chi connectivity index (χ2n) is 9.24. The van der Waals surface area contributed by atoms with Gasteiger partial charge >= 0.3 is 0 Å². The highest BCUT2D eigenvalue weighted by atomic mass is 32.1. The molecule has 7 nitrogen and oxygen atoms in total. The second-order valence-corrected chi connectivity index (χ2v) is 9.63. The van der Waals surface area contributed by atoms with Crippen LogP contribution >= 0.6 is 12.2 Å². The predicted octanol–water partition coefficient (Wildman–Crippen LogP) is 6.12. The Balaban J connectivity index is 1.49. The van der Waals surface area contributed by atoms with E-state index in [4.69, 9.17) is 26.4 Å². The summed E-state index contributed by atoms with van der Waals surface area (Å²) in [6.45, 7) is 5.75. The van der Waals surface area contributed by atoms with Gasteiger partial charge in [0.05, 0.1) is 31.5 Å². The van der Waals surface area contributed by atoms with E-state index in [1.54, 1.807) is 14.2 Å². The van der Waals surface area contributed by atoms with Crippen molar-refractivity contribution in [3.63, 3.8) is 0 Å². The lowest BCUT2D eigenvalue weighted by Crippen LogP contribution is -2.29. The second kappa shape index (κ2) is 11.2. The third kappa shape index (κ3) is 5.10. The van der Waals surface area contributed by atoms with Gasteiger partial charge in [-0.25, -0.2) is 0 Å².